The number of anilines is 1. The maximum absolute atomic E-state index is 9.27. The Hall–Kier alpha value is -1.67. The first-order valence-electron chi connectivity index (χ1n) is 6.44. The SMILES string of the molecule is Cc1nnc(NC(C)(C)CCN(C)C)c(C#N)c1C. The first-order valence-corrected chi connectivity index (χ1v) is 6.44. The van der Waals surface area contributed by atoms with Crippen molar-refractivity contribution in [3.8, 4) is 6.07 Å². The van der Waals surface area contributed by atoms with Gasteiger partial charge in [-0.05, 0) is 60.3 Å². The van der Waals surface area contributed by atoms with E-state index in [1.54, 1.807) is 0 Å². The van der Waals surface area contributed by atoms with E-state index in [4.69, 9.17) is 0 Å². The van der Waals surface area contributed by atoms with Crippen LogP contribution in [0.3, 0.4) is 0 Å². The molecule has 5 heteroatoms. The van der Waals surface area contributed by atoms with Crippen molar-refractivity contribution in [2.24, 2.45) is 0 Å². The molecule has 0 amide bonds. The number of hydrogen-bond donors (Lipinski definition) is 1. The van der Waals surface area contributed by atoms with Crippen LogP contribution in [0, 0.1) is 25.2 Å². The minimum absolute atomic E-state index is 0.133. The van der Waals surface area contributed by atoms with Crippen molar-refractivity contribution < 1.29 is 0 Å². The van der Waals surface area contributed by atoms with Crippen LogP contribution >= 0.6 is 0 Å². The van der Waals surface area contributed by atoms with Crippen LogP contribution in [0.25, 0.3) is 0 Å². The first-order chi connectivity index (χ1) is 8.76. The van der Waals surface area contributed by atoms with Crippen molar-refractivity contribution >= 4 is 5.82 Å². The van der Waals surface area contributed by atoms with Crippen molar-refractivity contribution in [2.75, 3.05) is 26.0 Å². The number of nitriles is 1. The summed E-state index contributed by atoms with van der Waals surface area (Å²) in [5, 5.41) is 20.8. The first kappa shape index (κ1) is 15.4. The van der Waals surface area contributed by atoms with Gasteiger partial charge in [0.15, 0.2) is 5.82 Å². The van der Waals surface area contributed by atoms with Crippen molar-refractivity contribution in [2.45, 2.75) is 39.7 Å². The van der Waals surface area contributed by atoms with E-state index in [0.717, 1.165) is 24.2 Å². The lowest BCUT2D eigenvalue weighted by atomic mass is 9.99. The molecule has 0 aliphatic rings. The topological polar surface area (TPSA) is 64.8 Å². The maximum atomic E-state index is 9.27. The summed E-state index contributed by atoms with van der Waals surface area (Å²) in [6.45, 7) is 8.95. The Kier molecular flexibility index (Phi) is 4.84. The molecule has 104 valence electrons. The molecule has 1 aromatic rings. The summed E-state index contributed by atoms with van der Waals surface area (Å²) in [5.74, 6) is 0.578. The van der Waals surface area contributed by atoms with Crippen LogP contribution in [0.1, 0.15) is 37.1 Å². The van der Waals surface area contributed by atoms with Crippen LogP contribution in [0.5, 0.6) is 0 Å². The van der Waals surface area contributed by atoms with E-state index in [0.29, 0.717) is 11.4 Å². The largest absolute Gasteiger partial charge is 0.363 e. The van der Waals surface area contributed by atoms with Crippen molar-refractivity contribution in [1.82, 2.24) is 15.1 Å². The number of aromatic nitrogens is 2. The highest BCUT2D eigenvalue weighted by Crippen LogP contribution is 2.22. The van der Waals surface area contributed by atoms with E-state index in [1.165, 1.54) is 0 Å². The fraction of sp³-hybridized carbons (Fsp3) is 0.643. The second-order valence-corrected chi connectivity index (χ2v) is 5.81. The van der Waals surface area contributed by atoms with Gasteiger partial charge in [-0.2, -0.15) is 10.4 Å². The molecule has 0 bridgehead atoms. The average molecular weight is 261 g/mol. The highest BCUT2D eigenvalue weighted by atomic mass is 15.2. The zero-order valence-electron chi connectivity index (χ0n) is 12.7. The Morgan fingerprint density at radius 3 is 2.42 bits per heavy atom. The van der Waals surface area contributed by atoms with Gasteiger partial charge in [0.2, 0.25) is 0 Å². The van der Waals surface area contributed by atoms with E-state index >= 15 is 0 Å². The zero-order valence-corrected chi connectivity index (χ0v) is 12.7. The second kappa shape index (κ2) is 5.98. The summed E-state index contributed by atoms with van der Waals surface area (Å²) in [6, 6.07) is 2.22. The summed E-state index contributed by atoms with van der Waals surface area (Å²) >= 11 is 0. The van der Waals surface area contributed by atoms with Crippen LogP contribution in [-0.4, -0.2) is 41.3 Å². The lowest BCUT2D eigenvalue weighted by Crippen LogP contribution is -2.35. The predicted octanol–water partition coefficient (Wildman–Crippen LogP) is 2.11. The number of aryl methyl sites for hydroxylation is 1. The number of rotatable bonds is 5. The van der Waals surface area contributed by atoms with E-state index in [-0.39, 0.29) is 5.54 Å². The Balaban J connectivity index is 2.94. The smallest absolute Gasteiger partial charge is 0.167 e. The Morgan fingerprint density at radius 1 is 1.26 bits per heavy atom. The third-order valence-corrected chi connectivity index (χ3v) is 3.21. The molecule has 0 atom stereocenters. The third kappa shape index (κ3) is 4.18. The van der Waals surface area contributed by atoms with Gasteiger partial charge >= 0.3 is 0 Å². The van der Waals surface area contributed by atoms with E-state index < -0.39 is 0 Å². The van der Waals surface area contributed by atoms with Gasteiger partial charge in [0.1, 0.15) is 11.6 Å². The van der Waals surface area contributed by atoms with Crippen LogP contribution in [0.2, 0.25) is 0 Å². The Bertz CT molecular complexity index is 485. The van der Waals surface area contributed by atoms with Gasteiger partial charge < -0.3 is 10.2 Å². The molecular formula is C14H23N5. The fourth-order valence-corrected chi connectivity index (χ4v) is 1.72. The number of hydrogen-bond acceptors (Lipinski definition) is 5. The van der Waals surface area contributed by atoms with Gasteiger partial charge in [-0.3, -0.25) is 0 Å². The molecular weight excluding hydrogens is 238 g/mol. The normalized spacial score (nSPS) is 11.5. The second-order valence-electron chi connectivity index (χ2n) is 5.81. The molecule has 1 N–H and O–H groups in total. The fourth-order valence-electron chi connectivity index (χ4n) is 1.72. The lowest BCUT2D eigenvalue weighted by molar-refractivity contribution is 0.356. The van der Waals surface area contributed by atoms with E-state index in [2.05, 4.69) is 40.3 Å². The van der Waals surface area contributed by atoms with Gasteiger partial charge in [0, 0.05) is 5.54 Å². The number of nitrogens with one attached hydrogen (secondary N) is 1. The molecule has 0 radical (unpaired) electrons. The molecule has 5 nitrogen and oxygen atoms in total. The van der Waals surface area contributed by atoms with Crippen molar-refractivity contribution in [3.05, 3.63) is 16.8 Å². The summed E-state index contributed by atoms with van der Waals surface area (Å²) in [7, 11) is 4.10. The van der Waals surface area contributed by atoms with Crippen molar-refractivity contribution in [1.29, 1.82) is 5.26 Å². The van der Waals surface area contributed by atoms with Crippen LogP contribution in [-0.2, 0) is 0 Å². The maximum Gasteiger partial charge on any atom is 0.167 e. The van der Waals surface area contributed by atoms with Gasteiger partial charge in [-0.25, -0.2) is 0 Å². The summed E-state index contributed by atoms with van der Waals surface area (Å²) in [5.41, 5.74) is 2.15. The Labute approximate surface area is 115 Å². The van der Waals surface area contributed by atoms with Gasteiger partial charge in [0.05, 0.1) is 5.69 Å². The zero-order chi connectivity index (χ0) is 14.6. The molecule has 0 aromatic carbocycles. The highest BCUT2D eigenvalue weighted by molar-refractivity contribution is 5.56. The molecule has 0 saturated heterocycles. The van der Waals surface area contributed by atoms with Gasteiger partial charge in [-0.15, -0.1) is 5.10 Å². The standard InChI is InChI=1S/C14H23N5/c1-10-11(2)17-18-13(12(10)9-15)16-14(3,4)7-8-19(5)6/h7-8H2,1-6H3,(H,16,18). The molecule has 19 heavy (non-hydrogen) atoms. The van der Waals surface area contributed by atoms with Crippen LogP contribution < -0.4 is 5.32 Å². The monoisotopic (exact) mass is 261 g/mol. The Morgan fingerprint density at radius 2 is 1.89 bits per heavy atom. The molecule has 1 rings (SSSR count). The molecule has 0 unspecified atom stereocenters. The summed E-state index contributed by atoms with van der Waals surface area (Å²) in [4.78, 5) is 2.14. The minimum Gasteiger partial charge on any atom is -0.363 e. The van der Waals surface area contributed by atoms with Crippen molar-refractivity contribution in [3.63, 3.8) is 0 Å². The molecule has 0 saturated carbocycles. The van der Waals surface area contributed by atoms with E-state index in [1.807, 2.05) is 27.9 Å². The average Bonchev–Trinajstić information content (AvgIpc) is 2.32. The van der Waals surface area contributed by atoms with Gasteiger partial charge in [0.25, 0.3) is 0 Å². The van der Waals surface area contributed by atoms with Crippen LogP contribution in [0.15, 0.2) is 0 Å². The molecule has 0 aliphatic carbocycles. The summed E-state index contributed by atoms with van der Waals surface area (Å²) in [6.07, 6.45) is 0.958. The third-order valence-electron chi connectivity index (χ3n) is 3.21. The van der Waals surface area contributed by atoms with Crippen LogP contribution in [0.4, 0.5) is 5.82 Å². The number of nitrogens with zero attached hydrogens (tertiary/aromatic N) is 4. The molecule has 0 fully saturated rings. The lowest BCUT2D eigenvalue weighted by Gasteiger charge is -2.28. The molecule has 0 aliphatic heterocycles. The minimum atomic E-state index is -0.133. The summed E-state index contributed by atoms with van der Waals surface area (Å²) < 4.78 is 0. The molecule has 1 heterocycles. The predicted molar refractivity (Wildman–Crippen MR) is 77.1 cm³/mol. The molecule has 1 aromatic heterocycles. The quantitative estimate of drug-likeness (QED) is 0.879. The van der Waals surface area contributed by atoms with E-state index in [9.17, 15) is 5.26 Å². The molecule has 0 spiro atoms. The highest BCUT2D eigenvalue weighted by Gasteiger charge is 2.21. The van der Waals surface area contributed by atoms with Gasteiger partial charge in [-0.1, -0.05) is 0 Å².